The van der Waals surface area contributed by atoms with Crippen molar-refractivity contribution in [1.82, 2.24) is 5.32 Å². The molecule has 1 fully saturated rings. The summed E-state index contributed by atoms with van der Waals surface area (Å²) in [6.45, 7) is 0. The summed E-state index contributed by atoms with van der Waals surface area (Å²) in [5.41, 5.74) is 0.410. The Morgan fingerprint density at radius 2 is 1.84 bits per heavy atom. The lowest BCUT2D eigenvalue weighted by atomic mass is 10.1. The molecule has 8 heteroatoms. The molecule has 2 amide bonds. The normalized spacial score (nSPS) is 16.4. The Balaban J connectivity index is 2.07. The number of rotatable bonds is 2. The fourth-order valence-corrected chi connectivity index (χ4v) is 2.96. The summed E-state index contributed by atoms with van der Waals surface area (Å²) >= 11 is 17.2. The first-order valence-electron chi connectivity index (χ1n) is 6.99. The number of benzene rings is 2. The fraction of sp³-hybridized carbons (Fsp3) is 0. The Kier molecular flexibility index (Phi) is 4.85. The first-order valence-corrected chi connectivity index (χ1v) is 8.16. The van der Waals surface area contributed by atoms with Crippen molar-refractivity contribution in [2.45, 2.75) is 0 Å². The third-order valence-electron chi connectivity index (χ3n) is 3.43. The van der Waals surface area contributed by atoms with Crippen LogP contribution in [0.25, 0.3) is 6.08 Å². The highest BCUT2D eigenvalue weighted by Crippen LogP contribution is 2.34. The van der Waals surface area contributed by atoms with Crippen LogP contribution in [-0.4, -0.2) is 16.9 Å². The molecule has 0 unspecified atom stereocenters. The van der Waals surface area contributed by atoms with Crippen molar-refractivity contribution in [3.63, 3.8) is 0 Å². The smallest absolute Gasteiger partial charge is 0.270 e. The first-order chi connectivity index (χ1) is 11.9. The predicted molar refractivity (Wildman–Crippen MR) is 99.1 cm³/mol. The van der Waals surface area contributed by atoms with E-state index in [-0.39, 0.29) is 26.4 Å². The van der Waals surface area contributed by atoms with E-state index in [2.05, 4.69) is 5.32 Å². The Bertz CT molecular complexity index is 946. The van der Waals surface area contributed by atoms with Gasteiger partial charge in [0.25, 0.3) is 11.8 Å². The second-order valence-corrected chi connectivity index (χ2v) is 6.26. The van der Waals surface area contributed by atoms with Gasteiger partial charge in [0.15, 0.2) is 5.11 Å². The topological polar surface area (TPSA) is 49.4 Å². The molecule has 0 spiro atoms. The van der Waals surface area contributed by atoms with Gasteiger partial charge in [0.05, 0.1) is 15.7 Å². The number of hydrogen-bond acceptors (Lipinski definition) is 3. The number of amides is 2. The summed E-state index contributed by atoms with van der Waals surface area (Å²) in [6.07, 6.45) is 1.29. The summed E-state index contributed by atoms with van der Waals surface area (Å²) in [5.74, 6) is -1.83. The van der Waals surface area contributed by atoms with Crippen LogP contribution in [-0.2, 0) is 9.59 Å². The van der Waals surface area contributed by atoms with Crippen LogP contribution in [0.15, 0.2) is 48.0 Å². The number of hydrogen-bond donors (Lipinski definition) is 1. The van der Waals surface area contributed by atoms with Gasteiger partial charge in [0, 0.05) is 0 Å². The molecule has 0 bridgehead atoms. The Hall–Kier alpha value is -2.28. The van der Waals surface area contributed by atoms with Crippen molar-refractivity contribution in [3.8, 4) is 0 Å². The molecule has 126 valence electrons. The van der Waals surface area contributed by atoms with E-state index in [1.807, 2.05) is 0 Å². The van der Waals surface area contributed by atoms with Gasteiger partial charge in [-0.05, 0) is 48.1 Å². The van der Waals surface area contributed by atoms with Gasteiger partial charge in [-0.25, -0.2) is 4.39 Å². The zero-order chi connectivity index (χ0) is 18.1. The second-order valence-electron chi connectivity index (χ2n) is 5.09. The summed E-state index contributed by atoms with van der Waals surface area (Å²) in [6, 6.07) is 10.2. The maximum absolute atomic E-state index is 13.3. The van der Waals surface area contributed by atoms with Crippen molar-refractivity contribution in [2.75, 3.05) is 4.90 Å². The summed E-state index contributed by atoms with van der Waals surface area (Å²) in [7, 11) is 0. The molecule has 0 aromatic heterocycles. The predicted octanol–water partition coefficient (Wildman–Crippen LogP) is 3.96. The van der Waals surface area contributed by atoms with Gasteiger partial charge >= 0.3 is 0 Å². The lowest BCUT2D eigenvalue weighted by Gasteiger charge is -2.29. The Morgan fingerprint density at radius 1 is 1.12 bits per heavy atom. The summed E-state index contributed by atoms with van der Waals surface area (Å²) < 4.78 is 13.3. The van der Waals surface area contributed by atoms with E-state index in [1.54, 1.807) is 24.3 Å². The lowest BCUT2D eigenvalue weighted by Crippen LogP contribution is -2.54. The highest BCUT2D eigenvalue weighted by Gasteiger charge is 2.35. The molecule has 0 radical (unpaired) electrons. The zero-order valence-corrected chi connectivity index (χ0v) is 14.8. The minimum atomic E-state index is -0.679. The fourth-order valence-electron chi connectivity index (χ4n) is 2.30. The van der Waals surface area contributed by atoms with Crippen LogP contribution in [0, 0.1) is 5.82 Å². The summed E-state index contributed by atoms with van der Waals surface area (Å²) in [4.78, 5) is 26.1. The molecule has 0 saturated carbocycles. The van der Waals surface area contributed by atoms with E-state index in [1.165, 1.54) is 24.3 Å². The van der Waals surface area contributed by atoms with Crippen molar-refractivity contribution >= 4 is 64.1 Å². The minimum absolute atomic E-state index is 0.115. The molecule has 2 aromatic carbocycles. The summed E-state index contributed by atoms with van der Waals surface area (Å²) in [5, 5.41) is 2.67. The van der Waals surface area contributed by atoms with Gasteiger partial charge in [0.2, 0.25) is 0 Å². The number of thiocarbonyl (C=S) groups is 1. The molecule has 1 N–H and O–H groups in total. The number of carbonyl (C=O) groups is 2. The number of nitrogens with one attached hydrogen (secondary N) is 1. The second kappa shape index (κ2) is 6.92. The van der Waals surface area contributed by atoms with Crippen LogP contribution in [0.4, 0.5) is 10.1 Å². The van der Waals surface area contributed by atoms with Crippen LogP contribution < -0.4 is 10.2 Å². The van der Waals surface area contributed by atoms with E-state index >= 15 is 0 Å². The van der Waals surface area contributed by atoms with Gasteiger partial charge in [0.1, 0.15) is 11.4 Å². The minimum Gasteiger partial charge on any atom is -0.298 e. The molecule has 0 atom stereocenters. The molecule has 25 heavy (non-hydrogen) atoms. The third kappa shape index (κ3) is 3.42. The van der Waals surface area contributed by atoms with Crippen molar-refractivity contribution in [2.24, 2.45) is 0 Å². The van der Waals surface area contributed by atoms with Crippen LogP contribution in [0.5, 0.6) is 0 Å². The van der Waals surface area contributed by atoms with Gasteiger partial charge in [-0.2, -0.15) is 0 Å². The molecule has 3 rings (SSSR count). The number of anilines is 1. The molecule has 0 aliphatic carbocycles. The quantitative estimate of drug-likeness (QED) is 0.476. The molecular formula is C17H9Cl2FN2O2S. The molecule has 1 saturated heterocycles. The van der Waals surface area contributed by atoms with E-state index in [0.717, 1.165) is 4.90 Å². The zero-order valence-electron chi connectivity index (χ0n) is 12.4. The number of halogens is 3. The van der Waals surface area contributed by atoms with Crippen molar-refractivity contribution in [1.29, 1.82) is 0 Å². The van der Waals surface area contributed by atoms with Gasteiger partial charge in [-0.15, -0.1) is 0 Å². The molecule has 2 aromatic rings. The van der Waals surface area contributed by atoms with Crippen LogP contribution >= 0.6 is 35.4 Å². The molecule has 1 aliphatic heterocycles. The maximum atomic E-state index is 13.3. The van der Waals surface area contributed by atoms with Gasteiger partial charge < -0.3 is 0 Å². The third-order valence-corrected chi connectivity index (χ3v) is 4.53. The van der Waals surface area contributed by atoms with Crippen molar-refractivity contribution in [3.05, 3.63) is 69.5 Å². The van der Waals surface area contributed by atoms with Gasteiger partial charge in [-0.3, -0.25) is 19.8 Å². The van der Waals surface area contributed by atoms with Crippen LogP contribution in [0.2, 0.25) is 10.0 Å². The highest BCUT2D eigenvalue weighted by molar-refractivity contribution is 7.80. The van der Waals surface area contributed by atoms with E-state index < -0.39 is 17.6 Å². The van der Waals surface area contributed by atoms with E-state index in [9.17, 15) is 14.0 Å². The Morgan fingerprint density at radius 3 is 2.56 bits per heavy atom. The number of nitrogens with zero attached hydrogens (tertiary/aromatic N) is 1. The molecule has 1 heterocycles. The first kappa shape index (κ1) is 17.5. The molecule has 1 aliphatic rings. The van der Waals surface area contributed by atoms with E-state index in [4.69, 9.17) is 35.4 Å². The van der Waals surface area contributed by atoms with Crippen LogP contribution in [0.3, 0.4) is 0 Å². The highest BCUT2D eigenvalue weighted by atomic mass is 35.5. The number of carbonyl (C=O) groups excluding carboxylic acids is 2. The van der Waals surface area contributed by atoms with Crippen LogP contribution in [0.1, 0.15) is 5.56 Å². The maximum Gasteiger partial charge on any atom is 0.270 e. The lowest BCUT2D eigenvalue weighted by molar-refractivity contribution is -0.122. The largest absolute Gasteiger partial charge is 0.298 e. The average molecular weight is 395 g/mol. The van der Waals surface area contributed by atoms with Crippen molar-refractivity contribution < 1.29 is 14.0 Å². The standard InChI is InChI=1S/C17H9Cl2FN2O2S/c18-12-5-2-6-13(14(12)19)22-16(24)11(15(23)21-17(22)25)8-9-3-1-4-10(20)7-9/h1-8H,(H,21,23,25)/b11-8+. The Labute approximate surface area is 157 Å². The monoisotopic (exact) mass is 394 g/mol. The average Bonchev–Trinajstić information content (AvgIpc) is 2.55. The SMILES string of the molecule is O=C1NC(=S)N(c2cccc(Cl)c2Cl)C(=O)/C1=C/c1cccc(F)c1. The van der Waals surface area contributed by atoms with E-state index in [0.29, 0.717) is 5.56 Å². The van der Waals surface area contributed by atoms with Gasteiger partial charge in [-0.1, -0.05) is 41.4 Å². The molecular weight excluding hydrogens is 386 g/mol. The molecule has 4 nitrogen and oxygen atoms in total.